The van der Waals surface area contributed by atoms with Gasteiger partial charge in [-0.15, -0.1) is 21.5 Å². The summed E-state index contributed by atoms with van der Waals surface area (Å²) in [5, 5.41) is 12.3. The van der Waals surface area contributed by atoms with E-state index >= 15 is 0 Å². The van der Waals surface area contributed by atoms with Crippen molar-refractivity contribution in [2.24, 2.45) is 5.73 Å². The van der Waals surface area contributed by atoms with Gasteiger partial charge in [0.1, 0.15) is 4.83 Å². The Morgan fingerprint density at radius 1 is 1.06 bits per heavy atom. The maximum atomic E-state index is 13.6. The van der Waals surface area contributed by atoms with E-state index in [2.05, 4.69) is 15.5 Å². The van der Waals surface area contributed by atoms with Crippen LogP contribution in [-0.4, -0.2) is 36.7 Å². The summed E-state index contributed by atoms with van der Waals surface area (Å²) in [6.45, 7) is 3.97. The molecule has 0 spiro atoms. The second-order valence-electron chi connectivity index (χ2n) is 8.30. The number of nitrogens with two attached hydrogens (primary N) is 1. The molecular weight excluding hydrogens is 496 g/mol. The summed E-state index contributed by atoms with van der Waals surface area (Å²) in [4.78, 5) is 39.1. The molecule has 5 aromatic rings. The van der Waals surface area contributed by atoms with Gasteiger partial charge in [-0.05, 0) is 37.1 Å². The van der Waals surface area contributed by atoms with Crippen LogP contribution in [0, 0.1) is 13.8 Å². The van der Waals surface area contributed by atoms with Crippen LogP contribution in [0.5, 0.6) is 0 Å². The van der Waals surface area contributed by atoms with Gasteiger partial charge in [0.2, 0.25) is 11.7 Å². The fraction of sp³-hybridized carbons (Fsp3) is 0.160. The number of hydrogen-bond donors (Lipinski definition) is 2. The van der Waals surface area contributed by atoms with Gasteiger partial charge in [-0.3, -0.25) is 19.0 Å². The molecule has 0 aliphatic rings. The third-order valence-electron chi connectivity index (χ3n) is 5.72. The lowest BCUT2D eigenvalue weighted by atomic mass is 10.2. The Kier molecular flexibility index (Phi) is 6.33. The zero-order valence-electron chi connectivity index (χ0n) is 19.5. The molecule has 2 aromatic carbocycles. The highest BCUT2D eigenvalue weighted by Gasteiger charge is 2.24. The number of anilines is 1. The Morgan fingerprint density at radius 3 is 2.47 bits per heavy atom. The van der Waals surface area contributed by atoms with Crippen molar-refractivity contribution in [2.75, 3.05) is 11.1 Å². The molecular formula is C25H22N6O3S2. The number of carbonyl (C=O) groups is 2. The first-order valence-electron chi connectivity index (χ1n) is 11.1. The summed E-state index contributed by atoms with van der Waals surface area (Å²) in [7, 11) is 0. The Hall–Kier alpha value is -3.96. The Morgan fingerprint density at radius 2 is 1.78 bits per heavy atom. The molecule has 0 aliphatic carbocycles. The molecule has 182 valence electrons. The molecule has 0 aliphatic heterocycles. The summed E-state index contributed by atoms with van der Waals surface area (Å²) in [5.41, 5.74) is 8.57. The molecule has 3 heterocycles. The summed E-state index contributed by atoms with van der Waals surface area (Å²) in [6, 6.07) is 17.1. The van der Waals surface area contributed by atoms with E-state index in [9.17, 15) is 14.4 Å². The topological polar surface area (TPSA) is 124 Å². The Bertz CT molecular complexity index is 1670. The third kappa shape index (κ3) is 4.38. The van der Waals surface area contributed by atoms with Crippen molar-refractivity contribution in [1.29, 1.82) is 0 Å². The van der Waals surface area contributed by atoms with Gasteiger partial charge in [0, 0.05) is 5.69 Å². The highest BCUT2D eigenvalue weighted by atomic mass is 32.2. The number of rotatable bonds is 7. The monoisotopic (exact) mass is 518 g/mol. The molecule has 36 heavy (non-hydrogen) atoms. The van der Waals surface area contributed by atoms with E-state index in [0.717, 1.165) is 22.5 Å². The average molecular weight is 519 g/mol. The minimum atomic E-state index is -0.601. The van der Waals surface area contributed by atoms with Crippen LogP contribution < -0.4 is 16.6 Å². The van der Waals surface area contributed by atoms with Gasteiger partial charge >= 0.3 is 0 Å². The zero-order chi connectivity index (χ0) is 25.4. The van der Waals surface area contributed by atoms with Crippen LogP contribution in [0.15, 0.2) is 64.5 Å². The predicted molar refractivity (Wildman–Crippen MR) is 142 cm³/mol. The quantitative estimate of drug-likeness (QED) is 0.317. The Labute approximate surface area is 214 Å². The fourth-order valence-corrected chi connectivity index (χ4v) is 5.89. The summed E-state index contributed by atoms with van der Waals surface area (Å²) < 4.78 is 3.26. The van der Waals surface area contributed by atoms with Crippen molar-refractivity contribution in [3.63, 3.8) is 0 Å². The molecule has 9 nitrogen and oxygen atoms in total. The summed E-state index contributed by atoms with van der Waals surface area (Å²) >= 11 is 2.33. The fourth-order valence-electron chi connectivity index (χ4n) is 3.95. The molecule has 0 atom stereocenters. The van der Waals surface area contributed by atoms with E-state index < -0.39 is 5.91 Å². The molecule has 0 radical (unpaired) electrons. The second-order valence-corrected chi connectivity index (χ2v) is 10.2. The number of nitrogens with zero attached hydrogens (tertiary/aromatic N) is 4. The van der Waals surface area contributed by atoms with Crippen molar-refractivity contribution >= 4 is 56.6 Å². The van der Waals surface area contributed by atoms with Crippen LogP contribution in [0.25, 0.3) is 16.0 Å². The standard InChI is InChI=1S/C25H22N6O3S2/c1-14-8-10-17(11-9-14)27-18(32)13-35-25-29-28-24-30(12-16-6-4-3-5-7-16)22(34)19-15(2)20(21(26)33)36-23(19)31(24)25/h3-11H,12-13H2,1-2H3,(H2,26,33)(H,27,32). The van der Waals surface area contributed by atoms with Crippen molar-refractivity contribution in [1.82, 2.24) is 19.2 Å². The lowest BCUT2D eigenvalue weighted by Gasteiger charge is -2.10. The van der Waals surface area contributed by atoms with Gasteiger partial charge in [-0.25, -0.2) is 4.40 Å². The van der Waals surface area contributed by atoms with E-state index in [1.54, 1.807) is 11.3 Å². The minimum Gasteiger partial charge on any atom is -0.365 e. The first-order chi connectivity index (χ1) is 17.3. The predicted octanol–water partition coefficient (Wildman–Crippen LogP) is 3.60. The summed E-state index contributed by atoms with van der Waals surface area (Å²) in [6.07, 6.45) is 0. The number of hydrogen-bond acceptors (Lipinski definition) is 7. The van der Waals surface area contributed by atoms with Gasteiger partial charge in [-0.1, -0.05) is 59.8 Å². The molecule has 0 fully saturated rings. The molecule has 5 rings (SSSR count). The number of fused-ring (bicyclic) bond motifs is 3. The lowest BCUT2D eigenvalue weighted by Crippen LogP contribution is -2.24. The number of aromatic nitrogens is 4. The van der Waals surface area contributed by atoms with Crippen LogP contribution in [0.2, 0.25) is 0 Å². The first kappa shape index (κ1) is 23.8. The van der Waals surface area contributed by atoms with Crippen molar-refractivity contribution in [3.05, 3.63) is 86.5 Å². The maximum absolute atomic E-state index is 13.6. The summed E-state index contributed by atoms with van der Waals surface area (Å²) in [5.74, 6) is -0.388. The molecule has 3 N–H and O–H groups in total. The average Bonchev–Trinajstić information content (AvgIpc) is 3.44. The van der Waals surface area contributed by atoms with E-state index in [4.69, 9.17) is 5.73 Å². The van der Waals surface area contributed by atoms with Gasteiger partial charge in [0.15, 0.2) is 5.16 Å². The maximum Gasteiger partial charge on any atom is 0.264 e. The molecule has 0 unspecified atom stereocenters. The number of primary amides is 1. The SMILES string of the molecule is Cc1ccc(NC(=O)CSc2nnc3n(Cc4ccccc4)c(=O)c4c(C)c(C(N)=O)sc4n23)cc1. The van der Waals surface area contributed by atoms with E-state index in [-0.39, 0.29) is 23.8 Å². The minimum absolute atomic E-state index is 0.0843. The molecule has 0 bridgehead atoms. The van der Waals surface area contributed by atoms with E-state index in [1.807, 2.05) is 61.5 Å². The van der Waals surface area contributed by atoms with Gasteiger partial charge in [-0.2, -0.15) is 0 Å². The largest absolute Gasteiger partial charge is 0.365 e. The highest BCUT2D eigenvalue weighted by Crippen LogP contribution is 2.31. The van der Waals surface area contributed by atoms with Crippen molar-refractivity contribution in [3.8, 4) is 0 Å². The first-order valence-corrected chi connectivity index (χ1v) is 12.9. The molecule has 2 amide bonds. The number of nitrogens with one attached hydrogen (secondary N) is 1. The van der Waals surface area contributed by atoms with Crippen LogP contribution in [0.3, 0.4) is 0 Å². The van der Waals surface area contributed by atoms with Crippen molar-refractivity contribution in [2.45, 2.75) is 25.5 Å². The normalized spacial score (nSPS) is 11.3. The van der Waals surface area contributed by atoms with Crippen LogP contribution in [0.1, 0.15) is 26.4 Å². The number of thiophene rings is 1. The third-order valence-corrected chi connectivity index (χ3v) is 7.94. The Balaban J connectivity index is 1.57. The number of thioether (sulfide) groups is 1. The molecule has 0 saturated carbocycles. The van der Waals surface area contributed by atoms with E-state index in [1.165, 1.54) is 16.3 Å². The van der Waals surface area contributed by atoms with Crippen LogP contribution in [-0.2, 0) is 11.3 Å². The van der Waals surface area contributed by atoms with Crippen LogP contribution in [0.4, 0.5) is 5.69 Å². The number of aryl methyl sites for hydroxylation is 2. The van der Waals surface area contributed by atoms with Crippen LogP contribution >= 0.6 is 23.1 Å². The van der Waals surface area contributed by atoms with Gasteiger partial charge in [0.25, 0.3) is 11.5 Å². The molecule has 0 saturated heterocycles. The number of benzene rings is 2. The lowest BCUT2D eigenvalue weighted by molar-refractivity contribution is -0.113. The number of amides is 2. The van der Waals surface area contributed by atoms with Crippen molar-refractivity contribution < 1.29 is 9.59 Å². The van der Waals surface area contributed by atoms with E-state index in [0.29, 0.717) is 37.3 Å². The molecule has 3 aromatic heterocycles. The molecule has 11 heteroatoms. The highest BCUT2D eigenvalue weighted by molar-refractivity contribution is 7.99. The van der Waals surface area contributed by atoms with Gasteiger partial charge < -0.3 is 11.1 Å². The second kappa shape index (κ2) is 9.59. The van der Waals surface area contributed by atoms with Gasteiger partial charge in [0.05, 0.1) is 22.6 Å². The number of carbonyl (C=O) groups excluding carboxylic acids is 2. The zero-order valence-corrected chi connectivity index (χ0v) is 21.2. The smallest absolute Gasteiger partial charge is 0.264 e.